The molecule has 0 aliphatic carbocycles. The topological polar surface area (TPSA) is 66.5 Å². The first kappa shape index (κ1) is 16.0. The monoisotopic (exact) mass is 310 g/mol. The Balaban J connectivity index is 2.03. The van der Waals surface area contributed by atoms with Crippen LogP contribution >= 0.6 is 0 Å². The lowest BCUT2D eigenvalue weighted by molar-refractivity contribution is -0.117. The quantitative estimate of drug-likeness (QED) is 0.922. The SMILES string of the molecule is CS(=O)(=O)c1ccccc1NC(=O)CN1CCCCCC1. The van der Waals surface area contributed by atoms with Gasteiger partial charge in [0.1, 0.15) is 0 Å². The molecule has 1 N–H and O–H groups in total. The zero-order chi connectivity index (χ0) is 15.3. The maximum absolute atomic E-state index is 12.1. The normalized spacial score (nSPS) is 17.2. The Morgan fingerprint density at radius 2 is 1.76 bits per heavy atom. The fourth-order valence-electron chi connectivity index (χ4n) is 2.58. The van der Waals surface area contributed by atoms with Crippen molar-refractivity contribution in [3.63, 3.8) is 0 Å². The average molecular weight is 310 g/mol. The fourth-order valence-corrected chi connectivity index (χ4v) is 3.42. The van der Waals surface area contributed by atoms with Crippen molar-refractivity contribution in [1.29, 1.82) is 0 Å². The van der Waals surface area contributed by atoms with Gasteiger partial charge in [0.15, 0.2) is 9.84 Å². The molecule has 1 aromatic carbocycles. The van der Waals surface area contributed by atoms with E-state index in [4.69, 9.17) is 0 Å². The van der Waals surface area contributed by atoms with Gasteiger partial charge >= 0.3 is 0 Å². The summed E-state index contributed by atoms with van der Waals surface area (Å²) in [6.45, 7) is 2.18. The summed E-state index contributed by atoms with van der Waals surface area (Å²) in [5, 5.41) is 2.73. The van der Waals surface area contributed by atoms with E-state index in [9.17, 15) is 13.2 Å². The number of hydrogen-bond acceptors (Lipinski definition) is 4. The molecule has 1 saturated heterocycles. The largest absolute Gasteiger partial charge is 0.324 e. The highest BCUT2D eigenvalue weighted by Gasteiger charge is 2.17. The van der Waals surface area contributed by atoms with E-state index in [1.165, 1.54) is 18.9 Å². The number of hydrogen-bond donors (Lipinski definition) is 1. The summed E-state index contributed by atoms with van der Waals surface area (Å²) in [4.78, 5) is 14.4. The molecule has 0 radical (unpaired) electrons. The molecule has 1 aliphatic rings. The number of rotatable bonds is 4. The lowest BCUT2D eigenvalue weighted by Crippen LogP contribution is -2.34. The van der Waals surface area contributed by atoms with Gasteiger partial charge in [-0.05, 0) is 38.1 Å². The van der Waals surface area contributed by atoms with Crippen molar-refractivity contribution in [2.75, 3.05) is 31.2 Å². The summed E-state index contributed by atoms with van der Waals surface area (Å²) in [5.41, 5.74) is 0.361. The molecular formula is C15H22N2O3S. The lowest BCUT2D eigenvalue weighted by atomic mass is 10.2. The van der Waals surface area contributed by atoms with E-state index in [1.807, 2.05) is 0 Å². The van der Waals surface area contributed by atoms with Crippen LogP contribution in [0.3, 0.4) is 0 Å². The first-order chi connectivity index (χ1) is 9.97. The molecule has 2 rings (SSSR count). The average Bonchev–Trinajstić information content (AvgIpc) is 2.66. The molecule has 116 valence electrons. The second-order valence-electron chi connectivity index (χ2n) is 5.51. The fraction of sp³-hybridized carbons (Fsp3) is 0.533. The van der Waals surface area contributed by atoms with Crippen LogP contribution in [0.4, 0.5) is 5.69 Å². The molecule has 6 heteroatoms. The van der Waals surface area contributed by atoms with E-state index in [2.05, 4.69) is 10.2 Å². The summed E-state index contributed by atoms with van der Waals surface area (Å²) in [5.74, 6) is -0.159. The smallest absolute Gasteiger partial charge is 0.238 e. The van der Waals surface area contributed by atoms with Crippen LogP contribution < -0.4 is 5.32 Å². The Morgan fingerprint density at radius 1 is 1.14 bits per heavy atom. The molecule has 1 aliphatic heterocycles. The van der Waals surface area contributed by atoms with Crippen molar-refractivity contribution in [2.45, 2.75) is 30.6 Å². The predicted octanol–water partition coefficient (Wildman–Crippen LogP) is 1.90. The number of anilines is 1. The first-order valence-electron chi connectivity index (χ1n) is 7.28. The maximum atomic E-state index is 12.1. The van der Waals surface area contributed by atoms with Crippen LogP contribution in [0.2, 0.25) is 0 Å². The molecule has 0 bridgehead atoms. The highest BCUT2D eigenvalue weighted by atomic mass is 32.2. The summed E-state index contributed by atoms with van der Waals surface area (Å²) in [7, 11) is -3.35. The van der Waals surface area contributed by atoms with Gasteiger partial charge in [0, 0.05) is 6.26 Å². The van der Waals surface area contributed by atoms with Gasteiger partial charge in [-0.25, -0.2) is 8.42 Å². The molecule has 0 saturated carbocycles. The van der Waals surface area contributed by atoms with Crippen LogP contribution in [-0.4, -0.2) is 45.1 Å². The number of amides is 1. The van der Waals surface area contributed by atoms with E-state index in [1.54, 1.807) is 18.2 Å². The van der Waals surface area contributed by atoms with Crippen LogP contribution in [0.5, 0.6) is 0 Å². The van der Waals surface area contributed by atoms with E-state index < -0.39 is 9.84 Å². The van der Waals surface area contributed by atoms with Crippen LogP contribution in [0.1, 0.15) is 25.7 Å². The second kappa shape index (κ2) is 7.04. The van der Waals surface area contributed by atoms with Crippen molar-refractivity contribution in [1.82, 2.24) is 4.90 Å². The van der Waals surface area contributed by atoms with Crippen molar-refractivity contribution >= 4 is 21.4 Å². The molecular weight excluding hydrogens is 288 g/mol. The number of benzene rings is 1. The first-order valence-corrected chi connectivity index (χ1v) is 9.17. The van der Waals surface area contributed by atoms with Gasteiger partial charge in [0.25, 0.3) is 0 Å². The molecule has 5 nitrogen and oxygen atoms in total. The number of sulfone groups is 1. The van der Waals surface area contributed by atoms with E-state index in [-0.39, 0.29) is 10.8 Å². The molecule has 21 heavy (non-hydrogen) atoms. The third kappa shape index (κ3) is 4.82. The zero-order valence-corrected chi connectivity index (χ0v) is 13.2. The van der Waals surface area contributed by atoms with Gasteiger partial charge in [-0.2, -0.15) is 0 Å². The number of carbonyl (C=O) groups excluding carboxylic acids is 1. The highest BCUT2D eigenvalue weighted by molar-refractivity contribution is 7.90. The molecule has 1 fully saturated rings. The molecule has 0 unspecified atom stereocenters. The Bertz CT molecular complexity index is 591. The Hall–Kier alpha value is -1.40. The molecule has 1 amide bonds. The summed E-state index contributed by atoms with van der Waals surface area (Å²) >= 11 is 0. The van der Waals surface area contributed by atoms with Gasteiger partial charge in [-0.3, -0.25) is 9.69 Å². The number of nitrogens with one attached hydrogen (secondary N) is 1. The van der Waals surface area contributed by atoms with Crippen molar-refractivity contribution in [3.8, 4) is 0 Å². The van der Waals surface area contributed by atoms with Gasteiger partial charge < -0.3 is 5.32 Å². The highest BCUT2D eigenvalue weighted by Crippen LogP contribution is 2.20. The van der Waals surface area contributed by atoms with Crippen LogP contribution in [-0.2, 0) is 14.6 Å². The Kier molecular flexibility index (Phi) is 5.36. The molecule has 1 heterocycles. The molecule has 0 spiro atoms. The molecule has 0 aromatic heterocycles. The second-order valence-corrected chi connectivity index (χ2v) is 7.49. The number of para-hydroxylation sites is 1. The minimum absolute atomic E-state index is 0.159. The maximum Gasteiger partial charge on any atom is 0.238 e. The van der Waals surface area contributed by atoms with E-state index in [0.717, 1.165) is 32.2 Å². The van der Waals surface area contributed by atoms with Gasteiger partial charge in [0.2, 0.25) is 5.91 Å². The summed E-state index contributed by atoms with van der Waals surface area (Å²) in [6.07, 6.45) is 5.82. The van der Waals surface area contributed by atoms with Crippen LogP contribution in [0.25, 0.3) is 0 Å². The summed E-state index contributed by atoms with van der Waals surface area (Å²) in [6, 6.07) is 6.50. The summed E-state index contributed by atoms with van der Waals surface area (Å²) < 4.78 is 23.4. The zero-order valence-electron chi connectivity index (χ0n) is 12.3. The predicted molar refractivity (Wildman–Crippen MR) is 83.1 cm³/mol. The van der Waals surface area contributed by atoms with Crippen molar-refractivity contribution in [3.05, 3.63) is 24.3 Å². The Labute approximate surface area is 126 Å². The molecule has 0 atom stereocenters. The lowest BCUT2D eigenvalue weighted by Gasteiger charge is -2.19. The number of nitrogens with zero attached hydrogens (tertiary/aromatic N) is 1. The standard InChI is InChI=1S/C15H22N2O3S/c1-21(19,20)14-9-5-4-8-13(14)16-15(18)12-17-10-6-2-3-7-11-17/h4-5,8-9H,2-3,6-7,10-12H2,1H3,(H,16,18). The number of likely N-dealkylation sites (tertiary alicyclic amines) is 1. The minimum atomic E-state index is -3.35. The molecule has 1 aromatic rings. The third-order valence-corrected chi connectivity index (χ3v) is 4.78. The van der Waals surface area contributed by atoms with Gasteiger partial charge in [-0.1, -0.05) is 25.0 Å². The van der Waals surface area contributed by atoms with Crippen LogP contribution in [0, 0.1) is 0 Å². The van der Waals surface area contributed by atoms with E-state index in [0.29, 0.717) is 12.2 Å². The minimum Gasteiger partial charge on any atom is -0.324 e. The van der Waals surface area contributed by atoms with Crippen molar-refractivity contribution < 1.29 is 13.2 Å². The third-order valence-electron chi connectivity index (χ3n) is 3.63. The van der Waals surface area contributed by atoms with Crippen LogP contribution in [0.15, 0.2) is 29.2 Å². The van der Waals surface area contributed by atoms with Gasteiger partial charge in [0.05, 0.1) is 17.1 Å². The Morgan fingerprint density at radius 3 is 2.38 bits per heavy atom. The number of carbonyl (C=O) groups is 1. The van der Waals surface area contributed by atoms with Gasteiger partial charge in [-0.15, -0.1) is 0 Å². The van der Waals surface area contributed by atoms with Crippen molar-refractivity contribution in [2.24, 2.45) is 0 Å². The van der Waals surface area contributed by atoms with E-state index >= 15 is 0 Å².